The van der Waals surface area contributed by atoms with Gasteiger partial charge in [-0.1, -0.05) is 11.6 Å². The zero-order valence-corrected chi connectivity index (χ0v) is 12.5. The average Bonchev–Trinajstić information content (AvgIpc) is 2.88. The molecule has 1 fully saturated rings. The maximum absolute atomic E-state index is 6.20. The number of nitrogens with zero attached hydrogens (tertiary/aromatic N) is 5. The molecule has 20 heavy (non-hydrogen) atoms. The van der Waals surface area contributed by atoms with E-state index in [0.29, 0.717) is 16.8 Å². The van der Waals surface area contributed by atoms with Gasteiger partial charge in [0.15, 0.2) is 0 Å². The molecule has 6 nitrogen and oxygen atoms in total. The Kier molecular flexibility index (Phi) is 3.76. The molecule has 108 valence electrons. The first-order valence-electron chi connectivity index (χ1n) is 6.81. The molecule has 0 saturated carbocycles. The molecule has 2 aromatic rings. The Morgan fingerprint density at radius 1 is 1.45 bits per heavy atom. The lowest BCUT2D eigenvalue weighted by atomic mass is 10.00. The van der Waals surface area contributed by atoms with Gasteiger partial charge in [0, 0.05) is 32.4 Å². The van der Waals surface area contributed by atoms with Crippen LogP contribution in [0.15, 0.2) is 6.33 Å². The zero-order valence-electron chi connectivity index (χ0n) is 11.7. The van der Waals surface area contributed by atoms with E-state index in [9.17, 15) is 0 Å². The Labute approximate surface area is 122 Å². The van der Waals surface area contributed by atoms with Gasteiger partial charge in [-0.15, -0.1) is 0 Å². The summed E-state index contributed by atoms with van der Waals surface area (Å²) >= 11 is 6.20. The molecule has 1 aliphatic heterocycles. The van der Waals surface area contributed by atoms with Gasteiger partial charge in [0.2, 0.25) is 0 Å². The molecule has 0 spiro atoms. The van der Waals surface area contributed by atoms with Gasteiger partial charge in [-0.3, -0.25) is 0 Å². The van der Waals surface area contributed by atoms with Gasteiger partial charge in [0.1, 0.15) is 17.3 Å². The molecule has 0 bridgehead atoms. The van der Waals surface area contributed by atoms with E-state index in [-0.39, 0.29) is 0 Å². The summed E-state index contributed by atoms with van der Waals surface area (Å²) in [5.74, 6) is 2.14. The second-order valence-corrected chi connectivity index (χ2v) is 5.62. The van der Waals surface area contributed by atoms with Crippen molar-refractivity contribution < 1.29 is 4.74 Å². The van der Waals surface area contributed by atoms with Crippen LogP contribution in [0.2, 0.25) is 5.15 Å². The van der Waals surface area contributed by atoms with E-state index < -0.39 is 0 Å². The van der Waals surface area contributed by atoms with Crippen molar-refractivity contribution in [2.75, 3.05) is 31.7 Å². The van der Waals surface area contributed by atoms with Crippen molar-refractivity contribution in [3.05, 3.63) is 17.0 Å². The van der Waals surface area contributed by atoms with Crippen LogP contribution in [0.25, 0.3) is 5.78 Å². The summed E-state index contributed by atoms with van der Waals surface area (Å²) in [6.07, 6.45) is 3.70. The molecule has 3 rings (SSSR count). The molecule has 0 amide bonds. The summed E-state index contributed by atoms with van der Waals surface area (Å²) in [5.41, 5.74) is 0.930. The molecule has 0 atom stereocenters. The van der Waals surface area contributed by atoms with Gasteiger partial charge < -0.3 is 9.64 Å². The Morgan fingerprint density at radius 3 is 2.95 bits per heavy atom. The maximum atomic E-state index is 6.20. The third-order valence-corrected chi connectivity index (χ3v) is 4.18. The van der Waals surface area contributed by atoms with E-state index in [1.54, 1.807) is 4.52 Å². The van der Waals surface area contributed by atoms with Crippen molar-refractivity contribution in [3.63, 3.8) is 0 Å². The molecule has 0 aromatic carbocycles. The van der Waals surface area contributed by atoms with E-state index in [0.717, 1.165) is 44.0 Å². The predicted octanol–water partition coefficient (Wildman–Crippen LogP) is 1.95. The van der Waals surface area contributed by atoms with Gasteiger partial charge in [-0.2, -0.15) is 19.6 Å². The first-order valence-corrected chi connectivity index (χ1v) is 7.19. The highest BCUT2D eigenvalue weighted by molar-refractivity contribution is 6.30. The lowest BCUT2D eigenvalue weighted by molar-refractivity contribution is 0.0684. The third-order valence-electron chi connectivity index (χ3n) is 3.81. The number of aromatic nitrogens is 4. The van der Waals surface area contributed by atoms with Crippen LogP contribution in [0.1, 0.15) is 18.4 Å². The molecule has 1 aliphatic rings. The molecule has 0 N–H and O–H groups in total. The molecule has 1 saturated heterocycles. The van der Waals surface area contributed by atoms with E-state index in [1.807, 2.05) is 6.92 Å². The molecule has 7 heteroatoms. The van der Waals surface area contributed by atoms with Crippen molar-refractivity contribution in [1.29, 1.82) is 0 Å². The fourth-order valence-corrected chi connectivity index (χ4v) is 2.89. The fraction of sp³-hybridized carbons (Fsp3) is 0.615. The molecule has 0 radical (unpaired) electrons. The highest BCUT2D eigenvalue weighted by atomic mass is 35.5. The van der Waals surface area contributed by atoms with E-state index >= 15 is 0 Å². The predicted molar refractivity (Wildman–Crippen MR) is 77.3 cm³/mol. The van der Waals surface area contributed by atoms with Gasteiger partial charge in [-0.05, 0) is 25.7 Å². The average molecular weight is 296 g/mol. The largest absolute Gasteiger partial charge is 0.381 e. The highest BCUT2D eigenvalue weighted by Crippen LogP contribution is 2.26. The molecular weight excluding hydrogens is 278 g/mol. The smallest absolute Gasteiger partial charge is 0.255 e. The standard InChI is InChI=1S/C13H18ClN5O/c1-9-11(14)17-13-15-8-16-19(13)12(9)18(2)7-10-3-5-20-6-4-10/h8,10H,3-7H2,1-2H3. The fourth-order valence-electron chi connectivity index (χ4n) is 2.73. The molecular formula is C13H18ClN5O. The molecule has 3 heterocycles. The summed E-state index contributed by atoms with van der Waals surface area (Å²) in [4.78, 5) is 10.5. The van der Waals surface area contributed by atoms with Crippen molar-refractivity contribution in [2.24, 2.45) is 5.92 Å². The van der Waals surface area contributed by atoms with Crippen LogP contribution in [-0.2, 0) is 4.74 Å². The van der Waals surface area contributed by atoms with Crippen molar-refractivity contribution >= 4 is 23.2 Å². The minimum absolute atomic E-state index is 0.485. The number of anilines is 1. The van der Waals surface area contributed by atoms with Gasteiger partial charge in [0.25, 0.3) is 5.78 Å². The van der Waals surface area contributed by atoms with Gasteiger partial charge in [-0.25, -0.2) is 0 Å². The molecule has 0 aliphatic carbocycles. The third kappa shape index (κ3) is 2.45. The minimum Gasteiger partial charge on any atom is -0.381 e. The minimum atomic E-state index is 0.485. The lowest BCUT2D eigenvalue weighted by Gasteiger charge is -2.29. The highest BCUT2D eigenvalue weighted by Gasteiger charge is 2.20. The van der Waals surface area contributed by atoms with Crippen LogP contribution in [0.5, 0.6) is 0 Å². The second kappa shape index (κ2) is 5.54. The van der Waals surface area contributed by atoms with Crippen LogP contribution in [0, 0.1) is 12.8 Å². The van der Waals surface area contributed by atoms with Crippen LogP contribution in [-0.4, -0.2) is 46.4 Å². The number of halogens is 1. The Hall–Kier alpha value is -1.40. The summed E-state index contributed by atoms with van der Waals surface area (Å²) in [5, 5.41) is 4.74. The second-order valence-electron chi connectivity index (χ2n) is 5.26. The van der Waals surface area contributed by atoms with Crippen molar-refractivity contribution in [3.8, 4) is 0 Å². The molecule has 2 aromatic heterocycles. The Bertz CT molecular complexity index is 608. The maximum Gasteiger partial charge on any atom is 0.255 e. The number of hydrogen-bond donors (Lipinski definition) is 0. The SMILES string of the molecule is Cc1c(Cl)nc2ncnn2c1N(C)CC1CCOCC1. The normalized spacial score (nSPS) is 16.8. The van der Waals surface area contributed by atoms with E-state index in [2.05, 4.69) is 27.0 Å². The van der Waals surface area contributed by atoms with Gasteiger partial charge >= 0.3 is 0 Å². The quantitative estimate of drug-likeness (QED) is 0.810. The Balaban J connectivity index is 1.91. The van der Waals surface area contributed by atoms with Gasteiger partial charge in [0.05, 0.1) is 0 Å². The number of ether oxygens (including phenoxy) is 1. The monoisotopic (exact) mass is 295 g/mol. The zero-order chi connectivity index (χ0) is 14.1. The summed E-state index contributed by atoms with van der Waals surface area (Å²) in [6, 6.07) is 0. The molecule has 0 unspecified atom stereocenters. The van der Waals surface area contributed by atoms with E-state index in [1.165, 1.54) is 6.33 Å². The van der Waals surface area contributed by atoms with Crippen molar-refractivity contribution in [1.82, 2.24) is 19.6 Å². The van der Waals surface area contributed by atoms with Crippen LogP contribution in [0.4, 0.5) is 5.82 Å². The summed E-state index contributed by atoms with van der Waals surface area (Å²) in [6.45, 7) is 4.63. The first kappa shape index (κ1) is 13.6. The summed E-state index contributed by atoms with van der Waals surface area (Å²) in [7, 11) is 2.06. The summed E-state index contributed by atoms with van der Waals surface area (Å²) < 4.78 is 7.16. The van der Waals surface area contributed by atoms with Crippen LogP contribution >= 0.6 is 11.6 Å². The number of rotatable bonds is 3. The van der Waals surface area contributed by atoms with Crippen molar-refractivity contribution in [2.45, 2.75) is 19.8 Å². The Morgan fingerprint density at radius 2 is 2.20 bits per heavy atom. The topological polar surface area (TPSA) is 55.5 Å². The van der Waals surface area contributed by atoms with Crippen LogP contribution in [0.3, 0.4) is 0 Å². The lowest BCUT2D eigenvalue weighted by Crippen LogP contribution is -2.31. The number of hydrogen-bond acceptors (Lipinski definition) is 5. The van der Waals surface area contributed by atoms with E-state index in [4.69, 9.17) is 16.3 Å². The number of fused-ring (bicyclic) bond motifs is 1. The first-order chi connectivity index (χ1) is 9.66. The van der Waals surface area contributed by atoms with Crippen LogP contribution < -0.4 is 4.90 Å².